The fourth-order valence-electron chi connectivity index (χ4n) is 2.85. The Hall–Kier alpha value is -1.07. The molecule has 0 radical (unpaired) electrons. The van der Waals surface area contributed by atoms with Crippen molar-refractivity contribution in [2.45, 2.75) is 45.2 Å². The summed E-state index contributed by atoms with van der Waals surface area (Å²) in [5, 5.41) is 6.78. The van der Waals surface area contributed by atoms with Gasteiger partial charge < -0.3 is 15.5 Å². The molecule has 5 heteroatoms. The molecule has 0 spiro atoms. The average molecular weight is 308 g/mol. The molecule has 1 saturated carbocycles. The van der Waals surface area contributed by atoms with E-state index in [2.05, 4.69) is 46.6 Å². The lowest BCUT2D eigenvalue weighted by atomic mass is 10.2. The summed E-state index contributed by atoms with van der Waals surface area (Å²) in [7, 11) is 4.07. The van der Waals surface area contributed by atoms with Gasteiger partial charge in [-0.25, -0.2) is 0 Å². The molecule has 0 aliphatic heterocycles. The molecule has 0 saturated heterocycles. The predicted molar refractivity (Wildman–Crippen MR) is 92.1 cm³/mol. The van der Waals surface area contributed by atoms with Crippen LogP contribution in [0.25, 0.3) is 0 Å². The van der Waals surface area contributed by atoms with Gasteiger partial charge in [0.05, 0.1) is 6.54 Å². The van der Waals surface area contributed by atoms with E-state index in [4.69, 9.17) is 0 Å². The number of nitrogens with one attached hydrogen (secondary N) is 2. The molecule has 1 fully saturated rings. The Morgan fingerprint density at radius 3 is 2.71 bits per heavy atom. The van der Waals surface area contributed by atoms with Gasteiger partial charge in [0.25, 0.3) is 0 Å². The van der Waals surface area contributed by atoms with Gasteiger partial charge in [0, 0.05) is 35.9 Å². The third-order valence-corrected chi connectivity index (χ3v) is 5.16. The van der Waals surface area contributed by atoms with E-state index in [1.807, 2.05) is 18.4 Å². The number of likely N-dealkylation sites (N-methyl/N-ethyl adjacent to an activating group) is 1. The highest BCUT2D eigenvalue weighted by molar-refractivity contribution is 7.11. The molecule has 2 rings (SSSR count). The Morgan fingerprint density at radius 2 is 2.10 bits per heavy atom. The summed E-state index contributed by atoms with van der Waals surface area (Å²) in [6.45, 7) is 5.00. The van der Waals surface area contributed by atoms with Gasteiger partial charge in [-0.1, -0.05) is 12.8 Å². The van der Waals surface area contributed by atoms with Gasteiger partial charge in [-0.05, 0) is 38.9 Å². The molecular weight excluding hydrogens is 280 g/mol. The normalized spacial score (nSPS) is 16.7. The number of aryl methyl sites for hydroxylation is 1. The molecular formula is C16H28N4S. The molecule has 21 heavy (non-hydrogen) atoms. The van der Waals surface area contributed by atoms with Gasteiger partial charge in [-0.15, -0.1) is 11.3 Å². The number of nitrogens with zero attached hydrogens (tertiary/aromatic N) is 2. The topological polar surface area (TPSA) is 39.7 Å². The standard InChI is InChI=1S/C16H28N4S/c1-13-8-9-15(21-13)12-19-16(17-2)18-10-11-20(3)14-6-4-5-7-14/h8-9,14H,4-7,10-12H2,1-3H3,(H2,17,18,19). The molecule has 1 aromatic rings. The van der Waals surface area contributed by atoms with Gasteiger partial charge in [0.2, 0.25) is 0 Å². The lowest BCUT2D eigenvalue weighted by molar-refractivity contribution is 0.249. The van der Waals surface area contributed by atoms with E-state index in [0.717, 1.165) is 31.6 Å². The van der Waals surface area contributed by atoms with Crippen LogP contribution in [0.1, 0.15) is 35.4 Å². The van der Waals surface area contributed by atoms with Crippen LogP contribution in [0.2, 0.25) is 0 Å². The Labute approximate surface area is 132 Å². The third kappa shape index (κ3) is 5.32. The Morgan fingerprint density at radius 1 is 1.33 bits per heavy atom. The number of hydrogen-bond donors (Lipinski definition) is 2. The minimum atomic E-state index is 0.788. The Bertz CT molecular complexity index is 449. The van der Waals surface area contributed by atoms with Gasteiger partial charge in [0.1, 0.15) is 0 Å². The lowest BCUT2D eigenvalue weighted by Gasteiger charge is -2.24. The summed E-state index contributed by atoms with van der Waals surface area (Å²) >= 11 is 1.83. The van der Waals surface area contributed by atoms with Crippen LogP contribution < -0.4 is 10.6 Å². The molecule has 1 heterocycles. The maximum Gasteiger partial charge on any atom is 0.191 e. The van der Waals surface area contributed by atoms with Crippen LogP contribution in [0, 0.1) is 6.92 Å². The maximum atomic E-state index is 4.28. The van der Waals surface area contributed by atoms with Gasteiger partial charge in [-0.3, -0.25) is 4.99 Å². The smallest absolute Gasteiger partial charge is 0.191 e. The number of rotatable bonds is 6. The summed E-state index contributed by atoms with van der Waals surface area (Å²) in [4.78, 5) is 9.47. The highest BCUT2D eigenvalue weighted by atomic mass is 32.1. The molecule has 1 aliphatic rings. The first-order valence-electron chi connectivity index (χ1n) is 7.89. The molecule has 0 bridgehead atoms. The van der Waals surface area contributed by atoms with Crippen LogP contribution >= 0.6 is 11.3 Å². The fraction of sp³-hybridized carbons (Fsp3) is 0.688. The van der Waals surface area contributed by atoms with E-state index in [1.165, 1.54) is 35.4 Å². The first-order valence-corrected chi connectivity index (χ1v) is 8.71. The van der Waals surface area contributed by atoms with Crippen molar-refractivity contribution in [2.75, 3.05) is 27.2 Å². The molecule has 0 aromatic carbocycles. The monoisotopic (exact) mass is 308 g/mol. The first kappa shape index (κ1) is 16.3. The second kappa shape index (κ2) is 8.39. The number of hydrogen-bond acceptors (Lipinski definition) is 3. The molecule has 118 valence electrons. The zero-order chi connectivity index (χ0) is 15.1. The maximum absolute atomic E-state index is 4.28. The van der Waals surface area contributed by atoms with E-state index in [9.17, 15) is 0 Å². The summed E-state index contributed by atoms with van der Waals surface area (Å²) < 4.78 is 0. The minimum absolute atomic E-state index is 0.788. The van der Waals surface area contributed by atoms with Crippen molar-refractivity contribution in [3.8, 4) is 0 Å². The molecule has 1 aliphatic carbocycles. The van der Waals surface area contributed by atoms with Gasteiger partial charge in [0.15, 0.2) is 5.96 Å². The van der Waals surface area contributed by atoms with Crippen molar-refractivity contribution in [1.82, 2.24) is 15.5 Å². The van der Waals surface area contributed by atoms with E-state index >= 15 is 0 Å². The van der Waals surface area contributed by atoms with Crippen LogP contribution in [-0.4, -0.2) is 44.1 Å². The molecule has 0 atom stereocenters. The largest absolute Gasteiger partial charge is 0.355 e. The van der Waals surface area contributed by atoms with Crippen molar-refractivity contribution >= 4 is 17.3 Å². The van der Waals surface area contributed by atoms with Gasteiger partial charge in [-0.2, -0.15) is 0 Å². The second-order valence-corrected chi connectivity index (χ2v) is 7.16. The quantitative estimate of drug-likeness (QED) is 0.627. The summed E-state index contributed by atoms with van der Waals surface area (Å²) in [6.07, 6.45) is 5.51. The molecule has 1 aromatic heterocycles. The van der Waals surface area contributed by atoms with Crippen molar-refractivity contribution in [2.24, 2.45) is 4.99 Å². The average Bonchev–Trinajstić information content (AvgIpc) is 3.13. The summed E-state index contributed by atoms with van der Waals surface area (Å²) in [5.41, 5.74) is 0. The van der Waals surface area contributed by atoms with E-state index in [0.29, 0.717) is 0 Å². The zero-order valence-electron chi connectivity index (χ0n) is 13.5. The molecule has 4 nitrogen and oxygen atoms in total. The van der Waals surface area contributed by atoms with Crippen molar-refractivity contribution < 1.29 is 0 Å². The van der Waals surface area contributed by atoms with Crippen LogP contribution in [0.4, 0.5) is 0 Å². The summed E-state index contributed by atoms with van der Waals surface area (Å²) in [6, 6.07) is 5.12. The molecule has 0 unspecified atom stereocenters. The summed E-state index contributed by atoms with van der Waals surface area (Å²) in [5.74, 6) is 0.890. The number of guanidine groups is 1. The molecule has 2 N–H and O–H groups in total. The lowest BCUT2D eigenvalue weighted by Crippen LogP contribution is -2.42. The van der Waals surface area contributed by atoms with Crippen LogP contribution in [-0.2, 0) is 6.54 Å². The van der Waals surface area contributed by atoms with Crippen molar-refractivity contribution in [3.63, 3.8) is 0 Å². The Balaban J connectivity index is 1.65. The fourth-order valence-corrected chi connectivity index (χ4v) is 3.68. The van der Waals surface area contributed by atoms with Crippen molar-refractivity contribution in [1.29, 1.82) is 0 Å². The predicted octanol–water partition coefficient (Wildman–Crippen LogP) is 2.60. The van der Waals surface area contributed by atoms with Crippen LogP contribution in [0.15, 0.2) is 17.1 Å². The first-order chi connectivity index (χ1) is 10.2. The van der Waals surface area contributed by atoms with Crippen molar-refractivity contribution in [3.05, 3.63) is 21.9 Å². The number of thiophene rings is 1. The van der Waals surface area contributed by atoms with E-state index < -0.39 is 0 Å². The highest BCUT2D eigenvalue weighted by Gasteiger charge is 2.18. The van der Waals surface area contributed by atoms with Crippen LogP contribution in [0.3, 0.4) is 0 Å². The number of aliphatic imine (C=N–C) groups is 1. The van der Waals surface area contributed by atoms with E-state index in [-0.39, 0.29) is 0 Å². The van der Waals surface area contributed by atoms with Crippen LogP contribution in [0.5, 0.6) is 0 Å². The Kier molecular flexibility index (Phi) is 6.51. The SMILES string of the molecule is CN=C(NCCN(C)C1CCCC1)NCc1ccc(C)s1. The van der Waals surface area contributed by atoms with E-state index in [1.54, 1.807) is 0 Å². The molecule has 0 amide bonds. The minimum Gasteiger partial charge on any atom is -0.355 e. The van der Waals surface area contributed by atoms with Gasteiger partial charge >= 0.3 is 0 Å². The third-order valence-electron chi connectivity index (χ3n) is 4.15. The highest BCUT2D eigenvalue weighted by Crippen LogP contribution is 2.21. The second-order valence-electron chi connectivity index (χ2n) is 5.78. The zero-order valence-corrected chi connectivity index (χ0v) is 14.3.